The minimum atomic E-state index is -0.942. The molecule has 0 spiro atoms. The zero-order valence-corrected chi connectivity index (χ0v) is 27.5. The van der Waals surface area contributed by atoms with E-state index in [-0.39, 0.29) is 5.88 Å². The SMILES string of the molecule is COc1ccc(CN(Cc2ccc(OC)cc2)c2nc(C)nc(-c3cc(C(C)(C)N=[N+]=[N-])cnc3Nc3cnc(OC)c(F)c3)n2)cc1. The van der Waals surface area contributed by atoms with Gasteiger partial charge in [-0.2, -0.15) is 9.97 Å². The first-order chi connectivity index (χ1) is 23.1. The van der Waals surface area contributed by atoms with Gasteiger partial charge in [-0.1, -0.05) is 43.2 Å². The first kappa shape index (κ1) is 33.4. The summed E-state index contributed by atoms with van der Waals surface area (Å²) in [6.45, 7) is 6.29. The monoisotopic (exact) mass is 650 g/mol. The summed E-state index contributed by atoms with van der Waals surface area (Å²) >= 11 is 0. The largest absolute Gasteiger partial charge is 0.497 e. The molecule has 0 aliphatic rings. The van der Waals surface area contributed by atoms with Crippen LogP contribution in [0.2, 0.25) is 0 Å². The summed E-state index contributed by atoms with van der Waals surface area (Å²) < 4.78 is 30.2. The number of nitrogens with zero attached hydrogens (tertiary/aromatic N) is 9. The number of hydrogen-bond acceptors (Lipinski definition) is 11. The standard InChI is InChI=1S/C34H35FN10O3/c1-21-39-31(28-15-24(34(2,3)43-44-36)17-37-30(28)41-25-16-29(35)32(48-6)38-18-25)42-33(40-21)45(19-22-7-11-26(46-4)12-8-22)20-23-9-13-27(47-5)14-10-23/h7-18H,19-20H2,1-6H3,(H,37,41). The summed E-state index contributed by atoms with van der Waals surface area (Å²) in [5.41, 5.74) is 11.7. The van der Waals surface area contributed by atoms with Gasteiger partial charge in [-0.25, -0.2) is 19.3 Å². The van der Waals surface area contributed by atoms with Crippen LogP contribution in [0.15, 0.2) is 78.2 Å². The number of ether oxygens (including phenoxy) is 3. The van der Waals surface area contributed by atoms with Gasteiger partial charge in [0.1, 0.15) is 23.1 Å². The molecule has 48 heavy (non-hydrogen) atoms. The Hall–Kier alpha value is -6.01. The highest BCUT2D eigenvalue weighted by molar-refractivity contribution is 5.75. The van der Waals surface area contributed by atoms with Crippen LogP contribution in [0.3, 0.4) is 0 Å². The third-order valence-electron chi connectivity index (χ3n) is 7.48. The van der Waals surface area contributed by atoms with Crippen molar-refractivity contribution in [3.8, 4) is 28.8 Å². The fraction of sp³-hybridized carbons (Fsp3) is 0.265. The molecule has 5 rings (SSSR count). The molecular formula is C34H35FN10O3. The molecule has 0 saturated heterocycles. The van der Waals surface area contributed by atoms with Crippen LogP contribution in [-0.4, -0.2) is 46.2 Å². The third kappa shape index (κ3) is 7.85. The Bertz CT molecular complexity index is 1880. The summed E-state index contributed by atoms with van der Waals surface area (Å²) in [7, 11) is 4.60. The number of rotatable bonds is 13. The van der Waals surface area contributed by atoms with Crippen LogP contribution >= 0.6 is 0 Å². The first-order valence-corrected chi connectivity index (χ1v) is 14.9. The van der Waals surface area contributed by atoms with Gasteiger partial charge in [0.2, 0.25) is 11.8 Å². The maximum Gasteiger partial charge on any atom is 0.250 e. The van der Waals surface area contributed by atoms with E-state index in [1.807, 2.05) is 53.4 Å². The second-order valence-corrected chi connectivity index (χ2v) is 11.3. The van der Waals surface area contributed by atoms with E-state index in [4.69, 9.17) is 24.2 Å². The summed E-state index contributed by atoms with van der Waals surface area (Å²) in [5.74, 6) is 2.25. The molecule has 0 saturated carbocycles. The fourth-order valence-corrected chi connectivity index (χ4v) is 4.85. The van der Waals surface area contributed by atoms with Gasteiger partial charge in [0.15, 0.2) is 11.6 Å². The summed E-state index contributed by atoms with van der Waals surface area (Å²) in [4.78, 5) is 28.1. The lowest BCUT2D eigenvalue weighted by Gasteiger charge is -2.24. The van der Waals surface area contributed by atoms with E-state index in [1.165, 1.54) is 19.4 Å². The van der Waals surface area contributed by atoms with Crippen molar-refractivity contribution in [1.82, 2.24) is 24.9 Å². The number of aryl methyl sites for hydroxylation is 1. The van der Waals surface area contributed by atoms with E-state index >= 15 is 0 Å². The fourth-order valence-electron chi connectivity index (χ4n) is 4.85. The molecule has 13 nitrogen and oxygen atoms in total. The quantitative estimate of drug-likeness (QED) is 0.0779. The second kappa shape index (κ2) is 14.6. The Balaban J connectivity index is 1.61. The lowest BCUT2D eigenvalue weighted by atomic mass is 9.95. The van der Waals surface area contributed by atoms with Crippen molar-refractivity contribution in [3.63, 3.8) is 0 Å². The van der Waals surface area contributed by atoms with Gasteiger partial charge in [0, 0.05) is 30.3 Å². The molecular weight excluding hydrogens is 615 g/mol. The van der Waals surface area contributed by atoms with E-state index in [0.29, 0.717) is 53.3 Å². The Kier molecular flexibility index (Phi) is 10.2. The highest BCUT2D eigenvalue weighted by Gasteiger charge is 2.24. The average Bonchev–Trinajstić information content (AvgIpc) is 3.08. The van der Waals surface area contributed by atoms with E-state index < -0.39 is 11.4 Å². The molecule has 0 radical (unpaired) electrons. The number of methoxy groups -OCH3 is 3. The molecule has 3 aromatic heterocycles. The first-order valence-electron chi connectivity index (χ1n) is 14.9. The van der Waals surface area contributed by atoms with E-state index in [1.54, 1.807) is 47.3 Å². The maximum absolute atomic E-state index is 14.6. The van der Waals surface area contributed by atoms with Gasteiger partial charge < -0.3 is 24.4 Å². The molecule has 14 heteroatoms. The number of pyridine rings is 2. The van der Waals surface area contributed by atoms with Crippen LogP contribution in [0.1, 0.15) is 36.4 Å². The molecule has 0 bridgehead atoms. The van der Waals surface area contributed by atoms with E-state index in [0.717, 1.165) is 22.6 Å². The Morgan fingerprint density at radius 1 is 0.854 bits per heavy atom. The summed E-state index contributed by atoms with van der Waals surface area (Å²) in [6.07, 6.45) is 3.02. The van der Waals surface area contributed by atoms with Crippen molar-refractivity contribution >= 4 is 17.5 Å². The number of anilines is 3. The van der Waals surface area contributed by atoms with Crippen LogP contribution in [0, 0.1) is 12.7 Å². The van der Waals surface area contributed by atoms with Crippen molar-refractivity contribution in [2.75, 3.05) is 31.5 Å². The van der Waals surface area contributed by atoms with Gasteiger partial charge in [0.25, 0.3) is 0 Å². The molecule has 0 amide bonds. The maximum atomic E-state index is 14.6. The number of azide groups is 1. The minimum absolute atomic E-state index is 0.133. The molecule has 0 fully saturated rings. The van der Waals surface area contributed by atoms with Crippen molar-refractivity contribution in [2.45, 2.75) is 39.4 Å². The predicted octanol–water partition coefficient (Wildman–Crippen LogP) is 7.30. The molecule has 0 aliphatic heterocycles. The van der Waals surface area contributed by atoms with Crippen molar-refractivity contribution < 1.29 is 18.6 Å². The molecule has 0 unspecified atom stereocenters. The average molecular weight is 651 g/mol. The zero-order valence-electron chi connectivity index (χ0n) is 27.5. The molecule has 0 aliphatic carbocycles. The Morgan fingerprint density at radius 2 is 1.48 bits per heavy atom. The number of benzene rings is 2. The minimum Gasteiger partial charge on any atom is -0.497 e. The smallest absolute Gasteiger partial charge is 0.250 e. The number of hydrogen-bond donors (Lipinski definition) is 1. The second-order valence-electron chi connectivity index (χ2n) is 11.3. The van der Waals surface area contributed by atoms with Crippen molar-refractivity contribution in [2.24, 2.45) is 5.11 Å². The van der Waals surface area contributed by atoms with Gasteiger partial charge in [-0.05, 0) is 59.5 Å². The Morgan fingerprint density at radius 3 is 2.02 bits per heavy atom. The van der Waals surface area contributed by atoms with Crippen LogP contribution in [0.5, 0.6) is 17.4 Å². The molecule has 0 atom stereocenters. The van der Waals surface area contributed by atoms with Gasteiger partial charge in [-0.3, -0.25) is 0 Å². The lowest BCUT2D eigenvalue weighted by Crippen LogP contribution is -2.25. The highest BCUT2D eigenvalue weighted by atomic mass is 19.1. The van der Waals surface area contributed by atoms with E-state index in [2.05, 4.69) is 30.3 Å². The highest BCUT2D eigenvalue weighted by Crippen LogP contribution is 2.34. The van der Waals surface area contributed by atoms with Crippen molar-refractivity contribution in [3.05, 3.63) is 112 Å². The predicted molar refractivity (Wildman–Crippen MR) is 180 cm³/mol. The zero-order chi connectivity index (χ0) is 34.3. The molecule has 1 N–H and O–H groups in total. The molecule has 3 heterocycles. The van der Waals surface area contributed by atoms with Crippen LogP contribution in [0.4, 0.5) is 21.8 Å². The van der Waals surface area contributed by atoms with Crippen molar-refractivity contribution in [1.29, 1.82) is 0 Å². The topological polar surface area (TPSA) is 156 Å². The van der Waals surface area contributed by atoms with Crippen LogP contribution < -0.4 is 24.4 Å². The Labute approximate surface area is 277 Å². The molecule has 246 valence electrons. The van der Waals surface area contributed by atoms with Crippen LogP contribution in [0.25, 0.3) is 21.8 Å². The summed E-state index contributed by atoms with van der Waals surface area (Å²) in [6, 6.07) is 18.6. The van der Waals surface area contributed by atoms with Gasteiger partial charge >= 0.3 is 0 Å². The lowest BCUT2D eigenvalue weighted by molar-refractivity contribution is 0.369. The van der Waals surface area contributed by atoms with Gasteiger partial charge in [-0.15, -0.1) is 0 Å². The van der Waals surface area contributed by atoms with Gasteiger partial charge in [0.05, 0.1) is 44.3 Å². The number of nitrogens with one attached hydrogen (secondary N) is 1. The van der Waals surface area contributed by atoms with E-state index in [9.17, 15) is 9.92 Å². The number of halogens is 1. The number of aromatic nitrogens is 5. The molecule has 5 aromatic rings. The molecule has 2 aromatic carbocycles. The third-order valence-corrected chi connectivity index (χ3v) is 7.48. The normalized spacial score (nSPS) is 11.0. The van der Waals surface area contributed by atoms with Crippen LogP contribution in [-0.2, 0) is 18.6 Å². The summed E-state index contributed by atoms with van der Waals surface area (Å²) in [5, 5.41) is 7.09.